The quantitative estimate of drug-likeness (QED) is 0.844. The fraction of sp³-hybridized carbons (Fsp3) is 0.600. The van der Waals surface area contributed by atoms with Gasteiger partial charge in [-0.05, 0) is 56.9 Å². The SMILES string of the molecule is CC1(CNc2ccc(S(=O)(=O)NC3CC3)cc2)CCCO1. The number of rotatable bonds is 6. The molecule has 1 aromatic carbocycles. The van der Waals surface area contributed by atoms with Crippen LogP contribution in [0.1, 0.15) is 32.6 Å². The molecule has 2 fully saturated rings. The van der Waals surface area contributed by atoms with Gasteiger partial charge in [-0.2, -0.15) is 0 Å². The minimum Gasteiger partial charge on any atom is -0.382 e. The van der Waals surface area contributed by atoms with Crippen molar-refractivity contribution >= 4 is 15.7 Å². The van der Waals surface area contributed by atoms with Crippen LogP contribution in [0.5, 0.6) is 0 Å². The highest BCUT2D eigenvalue weighted by Crippen LogP contribution is 2.26. The molecule has 0 spiro atoms. The highest BCUT2D eigenvalue weighted by atomic mass is 32.2. The predicted octanol–water partition coefficient (Wildman–Crippen LogP) is 2.11. The first-order valence-corrected chi connectivity index (χ1v) is 8.95. The van der Waals surface area contributed by atoms with Crippen LogP contribution in [-0.4, -0.2) is 33.2 Å². The summed E-state index contributed by atoms with van der Waals surface area (Å²) in [5.41, 5.74) is 0.801. The smallest absolute Gasteiger partial charge is 0.240 e. The summed E-state index contributed by atoms with van der Waals surface area (Å²) in [7, 11) is -3.36. The molecule has 1 saturated carbocycles. The van der Waals surface area contributed by atoms with Gasteiger partial charge in [0, 0.05) is 24.9 Å². The molecule has 1 aliphatic carbocycles. The maximum absolute atomic E-state index is 12.1. The van der Waals surface area contributed by atoms with Crippen molar-refractivity contribution in [1.82, 2.24) is 4.72 Å². The van der Waals surface area contributed by atoms with Gasteiger partial charge in [-0.1, -0.05) is 0 Å². The first kappa shape index (κ1) is 14.8. The van der Waals surface area contributed by atoms with Crippen LogP contribution in [0.2, 0.25) is 0 Å². The Morgan fingerprint density at radius 2 is 2.00 bits per heavy atom. The molecule has 0 bridgehead atoms. The first-order chi connectivity index (χ1) is 9.97. The lowest BCUT2D eigenvalue weighted by molar-refractivity contribution is 0.0315. The molecule has 2 aliphatic rings. The average molecular weight is 310 g/mol. The average Bonchev–Trinajstić information content (AvgIpc) is 3.15. The second-order valence-corrected chi connectivity index (χ2v) is 7.89. The molecule has 1 aromatic rings. The van der Waals surface area contributed by atoms with Crippen molar-refractivity contribution in [3.8, 4) is 0 Å². The number of ether oxygens (including phenoxy) is 1. The summed E-state index contributed by atoms with van der Waals surface area (Å²) in [4.78, 5) is 0.322. The van der Waals surface area contributed by atoms with Gasteiger partial charge >= 0.3 is 0 Å². The van der Waals surface area contributed by atoms with E-state index in [0.717, 1.165) is 44.5 Å². The zero-order valence-electron chi connectivity index (χ0n) is 12.3. The predicted molar refractivity (Wildman–Crippen MR) is 81.9 cm³/mol. The largest absolute Gasteiger partial charge is 0.382 e. The van der Waals surface area contributed by atoms with Gasteiger partial charge < -0.3 is 10.1 Å². The number of benzene rings is 1. The van der Waals surface area contributed by atoms with Crippen LogP contribution in [-0.2, 0) is 14.8 Å². The summed E-state index contributed by atoms with van der Waals surface area (Å²) in [6, 6.07) is 7.03. The maximum atomic E-state index is 12.1. The molecule has 1 saturated heterocycles. The topological polar surface area (TPSA) is 67.4 Å². The molecule has 6 heteroatoms. The Kier molecular flexibility index (Phi) is 3.94. The molecule has 5 nitrogen and oxygen atoms in total. The van der Waals surface area contributed by atoms with E-state index in [2.05, 4.69) is 17.0 Å². The minimum atomic E-state index is -3.36. The molecular formula is C15H22N2O3S. The molecular weight excluding hydrogens is 288 g/mol. The second-order valence-electron chi connectivity index (χ2n) is 6.18. The Hall–Kier alpha value is -1.11. The van der Waals surface area contributed by atoms with Crippen molar-refractivity contribution in [3.05, 3.63) is 24.3 Å². The van der Waals surface area contributed by atoms with Gasteiger partial charge in [0.15, 0.2) is 0 Å². The van der Waals surface area contributed by atoms with Crippen molar-refractivity contribution in [1.29, 1.82) is 0 Å². The Labute approximate surface area is 126 Å². The molecule has 116 valence electrons. The van der Waals surface area contributed by atoms with Crippen molar-refractivity contribution in [2.24, 2.45) is 0 Å². The van der Waals surface area contributed by atoms with E-state index in [-0.39, 0.29) is 11.6 Å². The van der Waals surface area contributed by atoms with E-state index < -0.39 is 10.0 Å². The van der Waals surface area contributed by atoms with Crippen LogP contribution in [0, 0.1) is 0 Å². The molecule has 3 rings (SSSR count). The summed E-state index contributed by atoms with van der Waals surface area (Å²) in [5.74, 6) is 0. The molecule has 1 atom stereocenters. The summed E-state index contributed by atoms with van der Waals surface area (Å²) >= 11 is 0. The number of sulfonamides is 1. The number of hydrogen-bond acceptors (Lipinski definition) is 4. The van der Waals surface area contributed by atoms with Gasteiger partial charge in [0.1, 0.15) is 0 Å². The van der Waals surface area contributed by atoms with E-state index in [1.54, 1.807) is 24.3 Å². The molecule has 1 aliphatic heterocycles. The van der Waals surface area contributed by atoms with Gasteiger partial charge in [0.25, 0.3) is 0 Å². The molecule has 21 heavy (non-hydrogen) atoms. The zero-order chi connectivity index (χ0) is 14.9. The van der Waals surface area contributed by atoms with E-state index in [1.165, 1.54) is 0 Å². The van der Waals surface area contributed by atoms with Crippen molar-refractivity contribution in [2.45, 2.75) is 49.1 Å². The van der Waals surface area contributed by atoms with Crippen molar-refractivity contribution in [2.75, 3.05) is 18.5 Å². The summed E-state index contributed by atoms with van der Waals surface area (Å²) < 4.78 is 32.5. The molecule has 1 unspecified atom stereocenters. The van der Waals surface area contributed by atoms with E-state index in [9.17, 15) is 8.42 Å². The third-order valence-corrected chi connectivity index (χ3v) is 5.57. The second kappa shape index (κ2) is 5.59. The standard InChI is InChI=1S/C15H22N2O3S/c1-15(9-2-10-20-15)11-16-12-5-7-14(8-6-12)21(18,19)17-13-3-4-13/h5-8,13,16-17H,2-4,9-11H2,1H3. The van der Waals surface area contributed by atoms with E-state index in [1.807, 2.05) is 0 Å². The van der Waals surface area contributed by atoms with Crippen molar-refractivity contribution < 1.29 is 13.2 Å². The van der Waals surface area contributed by atoms with E-state index >= 15 is 0 Å². The fourth-order valence-corrected chi connectivity index (χ4v) is 3.81. The van der Waals surface area contributed by atoms with Crippen LogP contribution in [0.3, 0.4) is 0 Å². The van der Waals surface area contributed by atoms with Gasteiger partial charge in [0.05, 0.1) is 10.5 Å². The Morgan fingerprint density at radius 1 is 1.29 bits per heavy atom. The van der Waals surface area contributed by atoms with Crippen LogP contribution in [0.25, 0.3) is 0 Å². The van der Waals surface area contributed by atoms with Crippen LogP contribution >= 0.6 is 0 Å². The van der Waals surface area contributed by atoms with Crippen LogP contribution in [0.15, 0.2) is 29.2 Å². The van der Waals surface area contributed by atoms with Gasteiger partial charge in [-0.3, -0.25) is 0 Å². The Bertz CT molecular complexity index is 588. The third kappa shape index (κ3) is 3.75. The number of nitrogens with one attached hydrogen (secondary N) is 2. The molecule has 0 amide bonds. The Balaban J connectivity index is 1.61. The lowest BCUT2D eigenvalue weighted by Crippen LogP contribution is -2.32. The Morgan fingerprint density at radius 3 is 2.57 bits per heavy atom. The summed E-state index contributed by atoms with van der Waals surface area (Å²) in [5, 5.41) is 3.32. The third-order valence-electron chi connectivity index (χ3n) is 4.03. The van der Waals surface area contributed by atoms with E-state index in [0.29, 0.717) is 4.90 Å². The molecule has 1 heterocycles. The minimum absolute atomic E-state index is 0.113. The van der Waals surface area contributed by atoms with Gasteiger partial charge in [0.2, 0.25) is 10.0 Å². The highest BCUT2D eigenvalue weighted by molar-refractivity contribution is 7.89. The van der Waals surface area contributed by atoms with E-state index in [4.69, 9.17) is 4.74 Å². The zero-order valence-corrected chi connectivity index (χ0v) is 13.1. The normalized spacial score (nSPS) is 26.0. The van der Waals surface area contributed by atoms with Crippen LogP contribution in [0.4, 0.5) is 5.69 Å². The number of anilines is 1. The summed E-state index contributed by atoms with van der Waals surface area (Å²) in [6.45, 7) is 3.66. The maximum Gasteiger partial charge on any atom is 0.240 e. The molecule has 0 radical (unpaired) electrons. The molecule has 0 aromatic heterocycles. The number of hydrogen-bond donors (Lipinski definition) is 2. The lowest BCUT2D eigenvalue weighted by atomic mass is 10.0. The van der Waals surface area contributed by atoms with Gasteiger partial charge in [-0.15, -0.1) is 0 Å². The first-order valence-electron chi connectivity index (χ1n) is 7.47. The highest BCUT2D eigenvalue weighted by Gasteiger charge is 2.30. The van der Waals surface area contributed by atoms with Gasteiger partial charge in [-0.25, -0.2) is 13.1 Å². The van der Waals surface area contributed by atoms with Crippen LogP contribution < -0.4 is 10.0 Å². The van der Waals surface area contributed by atoms with Crippen molar-refractivity contribution in [3.63, 3.8) is 0 Å². The molecule has 2 N–H and O–H groups in total. The fourth-order valence-electron chi connectivity index (χ4n) is 2.51. The monoisotopic (exact) mass is 310 g/mol. The lowest BCUT2D eigenvalue weighted by Gasteiger charge is -2.24. The summed E-state index contributed by atoms with van der Waals surface area (Å²) in [6.07, 6.45) is 4.04.